The van der Waals surface area contributed by atoms with Crippen LogP contribution in [0.4, 0.5) is 5.69 Å². The SMILES string of the molecule is CCN(CC)c1ccc(C(=O)NNC(=O)CN(C)Cc2cccc(Cl)c2)cc1. The van der Waals surface area contributed by atoms with Gasteiger partial charge in [-0.3, -0.25) is 25.3 Å². The second-order valence-corrected chi connectivity index (χ2v) is 6.96. The van der Waals surface area contributed by atoms with Gasteiger partial charge in [0.25, 0.3) is 11.8 Å². The fraction of sp³-hybridized carbons (Fsp3) is 0.333. The van der Waals surface area contributed by atoms with Crippen LogP contribution in [-0.2, 0) is 11.3 Å². The van der Waals surface area contributed by atoms with Crippen molar-refractivity contribution in [3.63, 3.8) is 0 Å². The molecule has 0 aliphatic carbocycles. The van der Waals surface area contributed by atoms with E-state index in [-0.39, 0.29) is 18.4 Å². The third kappa shape index (κ3) is 6.55. The number of carbonyl (C=O) groups is 2. The third-order valence-corrected chi connectivity index (χ3v) is 4.56. The molecule has 2 aromatic carbocycles. The van der Waals surface area contributed by atoms with Crippen LogP contribution < -0.4 is 15.8 Å². The van der Waals surface area contributed by atoms with Gasteiger partial charge in [-0.15, -0.1) is 0 Å². The molecule has 0 saturated heterocycles. The summed E-state index contributed by atoms with van der Waals surface area (Å²) in [5.74, 6) is -0.644. The topological polar surface area (TPSA) is 64.7 Å². The number of benzene rings is 2. The Hall–Kier alpha value is -2.57. The van der Waals surface area contributed by atoms with Gasteiger partial charge in [-0.25, -0.2) is 0 Å². The lowest BCUT2D eigenvalue weighted by Crippen LogP contribution is -2.45. The summed E-state index contributed by atoms with van der Waals surface area (Å²) in [5.41, 5.74) is 7.47. The van der Waals surface area contributed by atoms with E-state index in [1.807, 2.05) is 48.3 Å². The summed E-state index contributed by atoms with van der Waals surface area (Å²) in [7, 11) is 1.83. The number of carbonyl (C=O) groups excluding carboxylic acids is 2. The fourth-order valence-corrected chi connectivity index (χ4v) is 3.11. The summed E-state index contributed by atoms with van der Waals surface area (Å²) in [4.78, 5) is 28.3. The lowest BCUT2D eigenvalue weighted by Gasteiger charge is -2.21. The molecule has 2 aromatic rings. The van der Waals surface area contributed by atoms with E-state index in [0.29, 0.717) is 17.1 Å². The van der Waals surface area contributed by atoms with E-state index >= 15 is 0 Å². The van der Waals surface area contributed by atoms with Crippen LogP contribution in [-0.4, -0.2) is 43.4 Å². The molecule has 2 N–H and O–H groups in total. The van der Waals surface area contributed by atoms with Crippen molar-refractivity contribution in [2.24, 2.45) is 0 Å². The molecule has 0 spiro atoms. The molecule has 0 atom stereocenters. The highest BCUT2D eigenvalue weighted by atomic mass is 35.5. The summed E-state index contributed by atoms with van der Waals surface area (Å²) < 4.78 is 0. The smallest absolute Gasteiger partial charge is 0.269 e. The molecule has 0 aliphatic rings. The van der Waals surface area contributed by atoms with Crippen LogP contribution in [0.5, 0.6) is 0 Å². The highest BCUT2D eigenvalue weighted by molar-refractivity contribution is 6.30. The minimum Gasteiger partial charge on any atom is -0.372 e. The Morgan fingerprint density at radius 3 is 2.29 bits per heavy atom. The monoisotopic (exact) mass is 402 g/mol. The second-order valence-electron chi connectivity index (χ2n) is 6.52. The normalized spacial score (nSPS) is 10.6. The first kappa shape index (κ1) is 21.7. The number of anilines is 1. The zero-order chi connectivity index (χ0) is 20.5. The first-order valence-electron chi connectivity index (χ1n) is 9.30. The summed E-state index contributed by atoms with van der Waals surface area (Å²) in [6, 6.07) is 14.8. The summed E-state index contributed by atoms with van der Waals surface area (Å²) >= 11 is 5.97. The molecule has 2 rings (SSSR count). The van der Waals surface area contributed by atoms with Gasteiger partial charge in [-0.05, 0) is 62.9 Å². The van der Waals surface area contributed by atoms with Gasteiger partial charge < -0.3 is 4.90 Å². The quantitative estimate of drug-likeness (QED) is 0.666. The van der Waals surface area contributed by atoms with E-state index in [2.05, 4.69) is 29.6 Å². The number of hydrogen-bond acceptors (Lipinski definition) is 4. The Balaban J connectivity index is 1.80. The summed E-state index contributed by atoms with van der Waals surface area (Å²) in [6.07, 6.45) is 0. The van der Waals surface area contributed by atoms with E-state index in [9.17, 15) is 9.59 Å². The van der Waals surface area contributed by atoms with Gasteiger partial charge in [-0.1, -0.05) is 23.7 Å². The summed E-state index contributed by atoms with van der Waals surface area (Å²) in [5, 5.41) is 0.662. The number of amides is 2. The first-order valence-corrected chi connectivity index (χ1v) is 9.67. The van der Waals surface area contributed by atoms with Crippen LogP contribution in [0.15, 0.2) is 48.5 Å². The lowest BCUT2D eigenvalue weighted by atomic mass is 10.2. The van der Waals surface area contributed by atoms with Gasteiger partial charge in [0, 0.05) is 35.9 Å². The maximum Gasteiger partial charge on any atom is 0.269 e. The molecule has 0 aromatic heterocycles. The van der Waals surface area contributed by atoms with Crippen molar-refractivity contribution < 1.29 is 9.59 Å². The Morgan fingerprint density at radius 1 is 1.00 bits per heavy atom. The predicted octanol–water partition coefficient (Wildman–Crippen LogP) is 3.08. The van der Waals surface area contributed by atoms with Crippen LogP contribution in [0, 0.1) is 0 Å². The number of nitrogens with one attached hydrogen (secondary N) is 2. The molecule has 7 heteroatoms. The van der Waals surface area contributed by atoms with Crippen molar-refractivity contribution in [3.8, 4) is 0 Å². The number of rotatable bonds is 8. The third-order valence-electron chi connectivity index (χ3n) is 4.33. The zero-order valence-electron chi connectivity index (χ0n) is 16.5. The second kappa shape index (κ2) is 10.7. The molecule has 150 valence electrons. The number of hydrazine groups is 1. The van der Waals surface area contributed by atoms with Crippen LogP contribution in [0.25, 0.3) is 0 Å². The van der Waals surface area contributed by atoms with Crippen molar-refractivity contribution in [1.82, 2.24) is 15.8 Å². The maximum absolute atomic E-state index is 12.2. The molecule has 2 amide bonds. The molecule has 0 radical (unpaired) electrons. The average Bonchev–Trinajstić information content (AvgIpc) is 2.67. The highest BCUT2D eigenvalue weighted by Crippen LogP contribution is 2.15. The Kier molecular flexibility index (Phi) is 8.29. The van der Waals surface area contributed by atoms with E-state index in [0.717, 1.165) is 24.3 Å². The minimum atomic E-state index is -0.350. The van der Waals surface area contributed by atoms with E-state index in [4.69, 9.17) is 11.6 Å². The molecular weight excluding hydrogens is 376 g/mol. The van der Waals surface area contributed by atoms with E-state index < -0.39 is 0 Å². The molecule has 0 fully saturated rings. The van der Waals surface area contributed by atoms with Crippen molar-refractivity contribution in [2.45, 2.75) is 20.4 Å². The van der Waals surface area contributed by atoms with Gasteiger partial charge >= 0.3 is 0 Å². The Morgan fingerprint density at radius 2 is 1.68 bits per heavy atom. The minimum absolute atomic E-state index is 0.147. The Bertz CT molecular complexity index is 791. The van der Waals surface area contributed by atoms with Crippen LogP contribution in [0.1, 0.15) is 29.8 Å². The molecule has 0 bridgehead atoms. The number of halogens is 1. The highest BCUT2D eigenvalue weighted by Gasteiger charge is 2.11. The summed E-state index contributed by atoms with van der Waals surface area (Å²) in [6.45, 7) is 6.70. The largest absolute Gasteiger partial charge is 0.372 e. The molecule has 0 aliphatic heterocycles. The lowest BCUT2D eigenvalue weighted by molar-refractivity contribution is -0.122. The van der Waals surface area contributed by atoms with Crippen molar-refractivity contribution >= 4 is 29.1 Å². The number of hydrogen-bond donors (Lipinski definition) is 2. The average molecular weight is 403 g/mol. The van der Waals surface area contributed by atoms with Gasteiger partial charge in [0.05, 0.1) is 6.54 Å². The molecule has 0 heterocycles. The van der Waals surface area contributed by atoms with Gasteiger partial charge in [-0.2, -0.15) is 0 Å². The number of likely N-dealkylation sites (N-methyl/N-ethyl adjacent to an activating group) is 1. The standard InChI is InChI=1S/C21H27ClN4O2/c1-4-26(5-2)19-11-9-17(10-12-19)21(28)24-23-20(27)15-25(3)14-16-7-6-8-18(22)13-16/h6-13H,4-5,14-15H2,1-3H3,(H,23,27)(H,24,28). The molecule has 28 heavy (non-hydrogen) atoms. The van der Waals surface area contributed by atoms with Crippen molar-refractivity contribution in [1.29, 1.82) is 0 Å². The molecular formula is C21H27ClN4O2. The molecule has 0 saturated carbocycles. The van der Waals surface area contributed by atoms with Crippen molar-refractivity contribution in [2.75, 3.05) is 31.6 Å². The molecule has 0 unspecified atom stereocenters. The van der Waals surface area contributed by atoms with Crippen LogP contribution in [0.3, 0.4) is 0 Å². The van der Waals surface area contributed by atoms with Gasteiger partial charge in [0.1, 0.15) is 0 Å². The van der Waals surface area contributed by atoms with Crippen LogP contribution in [0.2, 0.25) is 5.02 Å². The van der Waals surface area contributed by atoms with Gasteiger partial charge in [0.2, 0.25) is 0 Å². The van der Waals surface area contributed by atoms with Crippen LogP contribution >= 0.6 is 11.6 Å². The van der Waals surface area contributed by atoms with Crippen molar-refractivity contribution in [3.05, 3.63) is 64.7 Å². The zero-order valence-corrected chi connectivity index (χ0v) is 17.3. The predicted molar refractivity (Wildman–Crippen MR) is 113 cm³/mol. The van der Waals surface area contributed by atoms with E-state index in [1.54, 1.807) is 12.1 Å². The fourth-order valence-electron chi connectivity index (χ4n) is 2.90. The molecule has 6 nitrogen and oxygen atoms in total. The number of nitrogens with zero attached hydrogens (tertiary/aromatic N) is 2. The maximum atomic E-state index is 12.2. The van der Waals surface area contributed by atoms with E-state index in [1.165, 1.54) is 0 Å². The first-order chi connectivity index (χ1) is 13.4. The Labute approximate surface area is 171 Å². The van der Waals surface area contributed by atoms with Gasteiger partial charge in [0.15, 0.2) is 0 Å².